The van der Waals surface area contributed by atoms with Gasteiger partial charge in [0.15, 0.2) is 0 Å². The van der Waals surface area contributed by atoms with E-state index in [2.05, 4.69) is 10.3 Å². The molecular formula is C18H17FN4O3. The van der Waals surface area contributed by atoms with Crippen LogP contribution in [0.5, 0.6) is 0 Å². The summed E-state index contributed by atoms with van der Waals surface area (Å²) in [5, 5.41) is 13.2. The number of nitro groups is 1. The number of amides is 2. The molecule has 26 heavy (non-hydrogen) atoms. The number of aliphatic imine (C=N–C) groups is 1. The number of amidine groups is 1. The van der Waals surface area contributed by atoms with E-state index in [9.17, 15) is 19.3 Å². The van der Waals surface area contributed by atoms with Crippen molar-refractivity contribution in [2.75, 3.05) is 11.9 Å². The molecule has 1 aliphatic heterocycles. The summed E-state index contributed by atoms with van der Waals surface area (Å²) >= 11 is 0. The van der Waals surface area contributed by atoms with Gasteiger partial charge in [-0.15, -0.1) is 0 Å². The number of halogens is 1. The number of rotatable bonds is 4. The number of carbonyl (C=O) groups is 1. The molecule has 2 aromatic carbocycles. The Morgan fingerprint density at radius 1 is 1.27 bits per heavy atom. The van der Waals surface area contributed by atoms with E-state index in [-0.39, 0.29) is 5.69 Å². The van der Waals surface area contributed by atoms with Crippen molar-refractivity contribution in [3.63, 3.8) is 0 Å². The molecule has 3 rings (SSSR count). The Labute approximate surface area is 149 Å². The minimum Gasteiger partial charge on any atom is -0.356 e. The number of carbonyl (C=O) groups excluding carboxylic acids is 1. The van der Waals surface area contributed by atoms with Crippen molar-refractivity contribution >= 4 is 23.2 Å². The van der Waals surface area contributed by atoms with Gasteiger partial charge in [0.1, 0.15) is 5.84 Å². The average Bonchev–Trinajstić information content (AvgIpc) is 3.04. The maximum Gasteiger partial charge on any atom is 0.347 e. The van der Waals surface area contributed by atoms with Gasteiger partial charge < -0.3 is 10.2 Å². The van der Waals surface area contributed by atoms with Crippen LogP contribution in [-0.2, 0) is 6.54 Å². The first-order chi connectivity index (χ1) is 12.5. The lowest BCUT2D eigenvalue weighted by Gasteiger charge is -2.18. The smallest absolute Gasteiger partial charge is 0.347 e. The van der Waals surface area contributed by atoms with E-state index < -0.39 is 22.5 Å². The van der Waals surface area contributed by atoms with Gasteiger partial charge in [-0.25, -0.2) is 4.79 Å². The van der Waals surface area contributed by atoms with Crippen molar-refractivity contribution in [1.82, 2.24) is 4.90 Å². The van der Waals surface area contributed by atoms with Crippen molar-refractivity contribution < 1.29 is 14.1 Å². The second-order valence-corrected chi connectivity index (χ2v) is 5.89. The second-order valence-electron chi connectivity index (χ2n) is 5.89. The van der Waals surface area contributed by atoms with Gasteiger partial charge in [0, 0.05) is 31.3 Å². The molecule has 0 bridgehead atoms. The number of likely N-dealkylation sites (tertiary alicyclic amines) is 1. The zero-order chi connectivity index (χ0) is 18.5. The van der Waals surface area contributed by atoms with E-state index in [1.165, 1.54) is 6.07 Å². The molecule has 1 fully saturated rings. The molecule has 8 heteroatoms. The quantitative estimate of drug-likeness (QED) is 0.663. The Morgan fingerprint density at radius 2 is 2.04 bits per heavy atom. The van der Waals surface area contributed by atoms with Crippen molar-refractivity contribution in [2.24, 2.45) is 4.99 Å². The van der Waals surface area contributed by atoms with Crippen molar-refractivity contribution in [2.45, 2.75) is 19.4 Å². The fourth-order valence-corrected chi connectivity index (χ4v) is 2.81. The molecule has 0 aromatic heterocycles. The Balaban J connectivity index is 1.69. The lowest BCUT2D eigenvalue weighted by atomic mass is 10.2. The van der Waals surface area contributed by atoms with Crippen LogP contribution in [0.2, 0.25) is 0 Å². The Bertz CT molecular complexity index is 855. The second kappa shape index (κ2) is 7.73. The third-order valence-corrected chi connectivity index (χ3v) is 4.03. The monoisotopic (exact) mass is 356 g/mol. The van der Waals surface area contributed by atoms with E-state index in [4.69, 9.17) is 0 Å². The normalized spacial score (nSPS) is 15.3. The predicted molar refractivity (Wildman–Crippen MR) is 95.6 cm³/mol. The first-order valence-electron chi connectivity index (χ1n) is 8.14. The van der Waals surface area contributed by atoms with Crippen LogP contribution >= 0.6 is 0 Å². The highest BCUT2D eigenvalue weighted by atomic mass is 19.1. The summed E-state index contributed by atoms with van der Waals surface area (Å²) in [6.07, 6.45) is 1.59. The lowest BCUT2D eigenvalue weighted by molar-refractivity contribution is -0.387. The number of anilines is 1. The van der Waals surface area contributed by atoms with Gasteiger partial charge in [-0.05, 0) is 24.1 Å². The fourth-order valence-electron chi connectivity index (χ4n) is 2.81. The summed E-state index contributed by atoms with van der Waals surface area (Å²) in [5.41, 5.74) is 0.554. The number of hydrogen-bond donors (Lipinski definition) is 1. The van der Waals surface area contributed by atoms with E-state index in [1.54, 1.807) is 0 Å². The van der Waals surface area contributed by atoms with Crippen molar-refractivity contribution in [1.29, 1.82) is 0 Å². The van der Waals surface area contributed by atoms with Crippen LogP contribution in [0.1, 0.15) is 18.4 Å². The topological polar surface area (TPSA) is 87.8 Å². The molecule has 0 atom stereocenters. The van der Waals surface area contributed by atoms with Gasteiger partial charge in [-0.1, -0.05) is 30.3 Å². The summed E-state index contributed by atoms with van der Waals surface area (Å²) in [4.78, 5) is 28.2. The van der Waals surface area contributed by atoms with Gasteiger partial charge in [-0.2, -0.15) is 9.38 Å². The van der Waals surface area contributed by atoms with E-state index in [0.29, 0.717) is 18.8 Å². The third kappa shape index (κ3) is 4.21. The highest BCUT2D eigenvalue weighted by Crippen LogP contribution is 2.22. The molecular weight excluding hydrogens is 339 g/mol. The van der Waals surface area contributed by atoms with Crippen LogP contribution in [-0.4, -0.2) is 28.2 Å². The van der Waals surface area contributed by atoms with Gasteiger partial charge >= 0.3 is 11.7 Å². The summed E-state index contributed by atoms with van der Waals surface area (Å²) in [5.74, 6) is -0.285. The Morgan fingerprint density at radius 3 is 2.77 bits per heavy atom. The van der Waals surface area contributed by atoms with Crippen molar-refractivity contribution in [3.05, 3.63) is 70.0 Å². The average molecular weight is 356 g/mol. The number of benzene rings is 2. The lowest BCUT2D eigenvalue weighted by Crippen LogP contribution is -2.26. The molecule has 0 saturated carbocycles. The minimum absolute atomic E-state index is 0.125. The summed E-state index contributed by atoms with van der Waals surface area (Å²) in [7, 11) is 0. The molecule has 2 aromatic rings. The first kappa shape index (κ1) is 17.5. The first-order valence-corrected chi connectivity index (χ1v) is 8.14. The zero-order valence-corrected chi connectivity index (χ0v) is 13.9. The number of nitrogens with one attached hydrogen (secondary N) is 1. The SMILES string of the molecule is O=C(/N=C1/CCCN1Cc1ccccc1)Nc1ccc(F)c([N+](=O)[O-])c1. The van der Waals surface area contributed by atoms with Crippen LogP contribution in [0.3, 0.4) is 0 Å². The number of nitrogens with zero attached hydrogens (tertiary/aromatic N) is 3. The predicted octanol–water partition coefficient (Wildman–Crippen LogP) is 3.96. The Hall–Kier alpha value is -3.29. The molecule has 0 aliphatic carbocycles. The van der Waals surface area contributed by atoms with Crippen LogP contribution in [0.15, 0.2) is 53.5 Å². The molecule has 2 amide bonds. The number of urea groups is 1. The highest BCUT2D eigenvalue weighted by molar-refractivity contribution is 6.00. The van der Waals surface area contributed by atoms with Crippen LogP contribution < -0.4 is 5.32 Å². The molecule has 0 unspecified atom stereocenters. The minimum atomic E-state index is -0.954. The fraction of sp³-hybridized carbons (Fsp3) is 0.222. The summed E-state index contributed by atoms with van der Waals surface area (Å²) in [6, 6.07) is 12.4. The standard InChI is InChI=1S/C18H17FN4O3/c19-15-9-8-14(11-16(15)23(25)26)20-18(24)21-17-7-4-10-22(17)12-13-5-2-1-3-6-13/h1-3,5-6,8-9,11H,4,7,10,12H2,(H,20,24)/b21-17-. The molecule has 1 aliphatic rings. The molecule has 1 saturated heterocycles. The van der Waals surface area contributed by atoms with Gasteiger partial charge in [-0.3, -0.25) is 10.1 Å². The summed E-state index contributed by atoms with van der Waals surface area (Å²) < 4.78 is 13.4. The molecule has 1 heterocycles. The van der Waals surface area contributed by atoms with Crippen LogP contribution in [0.25, 0.3) is 0 Å². The number of nitro benzene ring substituents is 1. The van der Waals surface area contributed by atoms with Gasteiger partial charge in [0.05, 0.1) is 4.92 Å². The maximum atomic E-state index is 13.4. The maximum absolute atomic E-state index is 13.4. The third-order valence-electron chi connectivity index (χ3n) is 4.03. The van der Waals surface area contributed by atoms with E-state index in [0.717, 1.165) is 30.7 Å². The number of hydrogen-bond acceptors (Lipinski definition) is 3. The molecule has 0 spiro atoms. The molecule has 134 valence electrons. The van der Waals surface area contributed by atoms with Crippen LogP contribution in [0.4, 0.5) is 20.6 Å². The highest BCUT2D eigenvalue weighted by Gasteiger charge is 2.20. The van der Waals surface area contributed by atoms with Gasteiger partial charge in [0.2, 0.25) is 5.82 Å². The van der Waals surface area contributed by atoms with E-state index in [1.807, 2.05) is 35.2 Å². The molecule has 0 radical (unpaired) electrons. The van der Waals surface area contributed by atoms with Crippen LogP contribution in [0, 0.1) is 15.9 Å². The molecule has 1 N–H and O–H groups in total. The Kier molecular flexibility index (Phi) is 5.21. The molecule has 7 nitrogen and oxygen atoms in total. The van der Waals surface area contributed by atoms with Gasteiger partial charge in [0.25, 0.3) is 0 Å². The zero-order valence-electron chi connectivity index (χ0n) is 13.9. The largest absolute Gasteiger partial charge is 0.356 e. The van der Waals surface area contributed by atoms with Crippen molar-refractivity contribution in [3.8, 4) is 0 Å². The van der Waals surface area contributed by atoms with E-state index >= 15 is 0 Å². The summed E-state index contributed by atoms with van der Waals surface area (Å²) in [6.45, 7) is 1.47.